The third-order valence-electron chi connectivity index (χ3n) is 4.12. The molecule has 2 aromatic heterocycles. The van der Waals surface area contributed by atoms with Gasteiger partial charge in [-0.3, -0.25) is 4.79 Å². The molecule has 1 saturated heterocycles. The topological polar surface area (TPSA) is 58.2 Å². The van der Waals surface area contributed by atoms with Gasteiger partial charge in [-0.2, -0.15) is 4.98 Å². The summed E-state index contributed by atoms with van der Waals surface area (Å²) in [4.78, 5) is 20.9. The summed E-state index contributed by atoms with van der Waals surface area (Å²) in [6.45, 7) is 4.34. The minimum absolute atomic E-state index is 0.140. The number of piperidine rings is 1. The van der Waals surface area contributed by atoms with Crippen molar-refractivity contribution in [3.8, 4) is 5.88 Å². The smallest absolute Gasteiger partial charge is 0.249 e. The largest absolute Gasteiger partial charge is 0.478 e. The molecule has 1 aliphatic rings. The number of unbranched alkanes of at least 4 members (excludes halogenated alkanes) is 1. The Kier molecular flexibility index (Phi) is 5.06. The van der Waals surface area contributed by atoms with Gasteiger partial charge >= 0.3 is 0 Å². The molecular formula is C17H23N3O2. The summed E-state index contributed by atoms with van der Waals surface area (Å²) >= 11 is 0. The number of hydrogen-bond donors (Lipinski definition) is 1. The molecule has 1 N–H and O–H groups in total. The van der Waals surface area contributed by atoms with Gasteiger partial charge in [-0.15, -0.1) is 0 Å². The number of aromatic amines is 1. The van der Waals surface area contributed by atoms with E-state index in [4.69, 9.17) is 4.74 Å². The first kappa shape index (κ1) is 15.0. The maximum Gasteiger partial charge on any atom is 0.249 e. The molecule has 0 saturated carbocycles. The van der Waals surface area contributed by atoms with Crippen molar-refractivity contribution in [3.05, 3.63) is 34.6 Å². The van der Waals surface area contributed by atoms with Crippen molar-refractivity contribution in [3.63, 3.8) is 0 Å². The number of fused-ring (bicyclic) bond motifs is 1. The lowest BCUT2D eigenvalue weighted by Gasteiger charge is -2.26. The molecule has 22 heavy (non-hydrogen) atoms. The SMILES string of the molecule is O=c1ccc2ccc(OCCCCN3CCCCC3)nc2[nH]1. The standard InChI is InChI=1S/C17H23N3O2/c21-15-8-6-14-7-9-16(19-17(14)18-15)22-13-5-4-12-20-10-2-1-3-11-20/h6-9H,1-5,10-13H2,(H,18,19,21). The van der Waals surface area contributed by atoms with Crippen LogP contribution in [0, 0.1) is 0 Å². The molecule has 0 bridgehead atoms. The molecule has 3 heterocycles. The van der Waals surface area contributed by atoms with E-state index in [1.54, 1.807) is 6.07 Å². The second kappa shape index (κ2) is 7.40. The number of nitrogens with zero attached hydrogens (tertiary/aromatic N) is 2. The maximum atomic E-state index is 11.3. The average molecular weight is 301 g/mol. The van der Waals surface area contributed by atoms with E-state index >= 15 is 0 Å². The Bertz CT molecular complexity index is 662. The normalized spacial score (nSPS) is 16.0. The predicted octanol–water partition coefficient (Wildman–Crippen LogP) is 2.57. The van der Waals surface area contributed by atoms with Crippen LogP contribution in [0.5, 0.6) is 5.88 Å². The van der Waals surface area contributed by atoms with Crippen LogP contribution in [0.4, 0.5) is 0 Å². The van der Waals surface area contributed by atoms with E-state index in [2.05, 4.69) is 14.9 Å². The molecule has 118 valence electrons. The van der Waals surface area contributed by atoms with Gasteiger partial charge in [0.05, 0.1) is 6.61 Å². The van der Waals surface area contributed by atoms with Crippen LogP contribution in [0.2, 0.25) is 0 Å². The van der Waals surface area contributed by atoms with Crippen molar-refractivity contribution < 1.29 is 4.74 Å². The van der Waals surface area contributed by atoms with Crippen molar-refractivity contribution in [2.75, 3.05) is 26.2 Å². The van der Waals surface area contributed by atoms with Crippen molar-refractivity contribution in [2.24, 2.45) is 0 Å². The Morgan fingerprint density at radius 3 is 2.77 bits per heavy atom. The van der Waals surface area contributed by atoms with Gasteiger partial charge in [0, 0.05) is 17.5 Å². The first-order chi connectivity index (χ1) is 10.8. The van der Waals surface area contributed by atoms with Gasteiger partial charge in [0.1, 0.15) is 5.65 Å². The highest BCUT2D eigenvalue weighted by Gasteiger charge is 2.08. The lowest BCUT2D eigenvalue weighted by atomic mass is 10.1. The summed E-state index contributed by atoms with van der Waals surface area (Å²) in [5, 5.41) is 0.914. The Morgan fingerprint density at radius 1 is 1.09 bits per heavy atom. The maximum absolute atomic E-state index is 11.3. The fraction of sp³-hybridized carbons (Fsp3) is 0.529. The van der Waals surface area contributed by atoms with E-state index in [0.717, 1.165) is 18.2 Å². The number of pyridine rings is 2. The summed E-state index contributed by atoms with van der Waals surface area (Å²) in [7, 11) is 0. The zero-order chi connectivity index (χ0) is 15.2. The van der Waals surface area contributed by atoms with Crippen molar-refractivity contribution >= 4 is 11.0 Å². The van der Waals surface area contributed by atoms with Gasteiger partial charge < -0.3 is 14.6 Å². The van der Waals surface area contributed by atoms with Crippen LogP contribution in [0.25, 0.3) is 11.0 Å². The fourth-order valence-corrected chi connectivity index (χ4v) is 2.89. The molecule has 5 nitrogen and oxygen atoms in total. The highest BCUT2D eigenvalue weighted by atomic mass is 16.5. The Hall–Kier alpha value is -1.88. The second-order valence-electron chi connectivity index (χ2n) is 5.87. The summed E-state index contributed by atoms with van der Waals surface area (Å²) in [5.41, 5.74) is 0.442. The van der Waals surface area contributed by atoms with E-state index in [1.165, 1.54) is 45.0 Å². The lowest BCUT2D eigenvalue weighted by Crippen LogP contribution is -2.30. The third kappa shape index (κ3) is 4.07. The predicted molar refractivity (Wildman–Crippen MR) is 87.4 cm³/mol. The molecule has 3 rings (SSSR count). The van der Waals surface area contributed by atoms with Gasteiger partial charge in [-0.05, 0) is 57.5 Å². The molecule has 0 amide bonds. The van der Waals surface area contributed by atoms with Gasteiger partial charge in [-0.1, -0.05) is 6.42 Å². The molecule has 0 aromatic carbocycles. The molecular weight excluding hydrogens is 278 g/mol. The zero-order valence-corrected chi connectivity index (χ0v) is 12.9. The van der Waals surface area contributed by atoms with E-state index in [1.807, 2.05) is 12.1 Å². The summed E-state index contributed by atoms with van der Waals surface area (Å²) < 4.78 is 5.69. The number of nitrogens with one attached hydrogen (secondary N) is 1. The number of hydrogen-bond acceptors (Lipinski definition) is 4. The minimum Gasteiger partial charge on any atom is -0.478 e. The molecule has 0 atom stereocenters. The number of ether oxygens (including phenoxy) is 1. The molecule has 5 heteroatoms. The lowest BCUT2D eigenvalue weighted by molar-refractivity contribution is 0.215. The van der Waals surface area contributed by atoms with Gasteiger partial charge in [0.15, 0.2) is 0 Å². The molecule has 0 radical (unpaired) electrons. The van der Waals surface area contributed by atoms with Crippen molar-refractivity contribution in [1.29, 1.82) is 0 Å². The molecule has 2 aromatic rings. The third-order valence-corrected chi connectivity index (χ3v) is 4.12. The zero-order valence-electron chi connectivity index (χ0n) is 12.9. The molecule has 0 unspecified atom stereocenters. The monoisotopic (exact) mass is 301 g/mol. The molecule has 1 fully saturated rings. The van der Waals surface area contributed by atoms with E-state index < -0.39 is 0 Å². The molecule has 1 aliphatic heterocycles. The van der Waals surface area contributed by atoms with Crippen LogP contribution >= 0.6 is 0 Å². The second-order valence-corrected chi connectivity index (χ2v) is 5.87. The average Bonchev–Trinajstić information content (AvgIpc) is 2.55. The number of aromatic nitrogens is 2. The Labute approximate surface area is 130 Å². The first-order valence-electron chi connectivity index (χ1n) is 8.16. The molecule has 0 aliphatic carbocycles. The fourth-order valence-electron chi connectivity index (χ4n) is 2.89. The molecule has 0 spiro atoms. The quantitative estimate of drug-likeness (QED) is 0.833. The highest BCUT2D eigenvalue weighted by molar-refractivity contribution is 5.74. The Balaban J connectivity index is 1.44. The van der Waals surface area contributed by atoms with E-state index in [-0.39, 0.29) is 5.56 Å². The highest BCUT2D eigenvalue weighted by Crippen LogP contribution is 2.14. The van der Waals surface area contributed by atoms with E-state index in [0.29, 0.717) is 18.1 Å². The summed E-state index contributed by atoms with van der Waals surface area (Å²) in [6.07, 6.45) is 6.26. The van der Waals surface area contributed by atoms with Crippen LogP contribution in [-0.2, 0) is 0 Å². The summed E-state index contributed by atoms with van der Waals surface area (Å²) in [5.74, 6) is 0.576. The van der Waals surface area contributed by atoms with Gasteiger partial charge in [0.2, 0.25) is 11.4 Å². The van der Waals surface area contributed by atoms with Crippen molar-refractivity contribution in [1.82, 2.24) is 14.9 Å². The van der Waals surface area contributed by atoms with Crippen LogP contribution in [-0.4, -0.2) is 41.1 Å². The number of rotatable bonds is 6. The van der Waals surface area contributed by atoms with Gasteiger partial charge in [-0.25, -0.2) is 0 Å². The van der Waals surface area contributed by atoms with Crippen molar-refractivity contribution in [2.45, 2.75) is 32.1 Å². The number of likely N-dealkylation sites (tertiary alicyclic amines) is 1. The van der Waals surface area contributed by atoms with E-state index in [9.17, 15) is 4.79 Å². The van der Waals surface area contributed by atoms with Crippen LogP contribution in [0.3, 0.4) is 0 Å². The summed E-state index contributed by atoms with van der Waals surface area (Å²) in [6, 6.07) is 7.04. The van der Waals surface area contributed by atoms with Crippen LogP contribution < -0.4 is 10.3 Å². The minimum atomic E-state index is -0.140. The van der Waals surface area contributed by atoms with Crippen LogP contribution in [0.1, 0.15) is 32.1 Å². The number of H-pyrrole nitrogens is 1. The van der Waals surface area contributed by atoms with Gasteiger partial charge in [0.25, 0.3) is 0 Å². The first-order valence-corrected chi connectivity index (χ1v) is 8.16. The van der Waals surface area contributed by atoms with Crippen LogP contribution in [0.15, 0.2) is 29.1 Å². The Morgan fingerprint density at radius 2 is 1.91 bits per heavy atom.